The van der Waals surface area contributed by atoms with Gasteiger partial charge in [0.1, 0.15) is 0 Å². The summed E-state index contributed by atoms with van der Waals surface area (Å²) in [5.74, 6) is -3.13. The Bertz CT molecular complexity index is 755. The zero-order chi connectivity index (χ0) is 17.2. The molecule has 0 fully saturated rings. The van der Waals surface area contributed by atoms with E-state index in [9.17, 15) is 19.2 Å². The van der Waals surface area contributed by atoms with E-state index in [2.05, 4.69) is 0 Å². The zero-order valence-corrected chi connectivity index (χ0v) is 13.6. The Morgan fingerprint density at radius 2 is 1.46 bits per heavy atom. The molecule has 2 aliphatic heterocycles. The molecule has 0 amide bonds. The third-order valence-electron chi connectivity index (χ3n) is 5.85. The topological polar surface area (TPSA) is 86.7 Å². The van der Waals surface area contributed by atoms with Crippen molar-refractivity contribution < 1.29 is 28.7 Å². The van der Waals surface area contributed by atoms with Gasteiger partial charge < -0.3 is 9.47 Å². The average molecular weight is 330 g/mol. The van der Waals surface area contributed by atoms with Crippen LogP contribution in [-0.2, 0) is 28.7 Å². The highest BCUT2D eigenvalue weighted by Gasteiger charge is 2.60. The van der Waals surface area contributed by atoms with Gasteiger partial charge >= 0.3 is 23.9 Å². The number of carbonyl (C=O) groups is 4. The average Bonchev–Trinajstić information content (AvgIpc) is 3.12. The van der Waals surface area contributed by atoms with Crippen LogP contribution in [0.15, 0.2) is 22.3 Å². The van der Waals surface area contributed by atoms with Gasteiger partial charge in [0.2, 0.25) is 0 Å². The highest BCUT2D eigenvalue weighted by molar-refractivity contribution is 6.16. The zero-order valence-electron chi connectivity index (χ0n) is 13.6. The first-order valence-electron chi connectivity index (χ1n) is 8.49. The van der Waals surface area contributed by atoms with E-state index in [-0.39, 0.29) is 23.7 Å². The molecule has 2 heterocycles. The van der Waals surface area contributed by atoms with Crippen molar-refractivity contribution in [1.82, 2.24) is 0 Å². The Balaban J connectivity index is 1.91. The maximum absolute atomic E-state index is 12.3. The Labute approximate surface area is 138 Å². The first kappa shape index (κ1) is 15.3. The smallest absolute Gasteiger partial charge is 0.342 e. The fourth-order valence-corrected chi connectivity index (χ4v) is 4.99. The quantitative estimate of drug-likeness (QED) is 0.580. The van der Waals surface area contributed by atoms with Crippen LogP contribution in [0.1, 0.15) is 39.5 Å². The largest absolute Gasteiger partial charge is 0.386 e. The summed E-state index contributed by atoms with van der Waals surface area (Å²) in [5.41, 5.74) is 1.70. The number of ether oxygens (including phenoxy) is 2. The van der Waals surface area contributed by atoms with E-state index in [4.69, 9.17) is 9.47 Å². The molecule has 6 heteroatoms. The van der Waals surface area contributed by atoms with Crippen molar-refractivity contribution in [2.75, 3.05) is 0 Å². The van der Waals surface area contributed by atoms with Gasteiger partial charge in [0.25, 0.3) is 0 Å². The molecule has 0 radical (unpaired) electrons. The van der Waals surface area contributed by atoms with Crippen molar-refractivity contribution in [2.45, 2.75) is 39.5 Å². The van der Waals surface area contributed by atoms with Crippen molar-refractivity contribution in [1.29, 1.82) is 0 Å². The van der Waals surface area contributed by atoms with Gasteiger partial charge in [0, 0.05) is 17.4 Å². The highest BCUT2D eigenvalue weighted by Crippen LogP contribution is 2.58. The van der Waals surface area contributed by atoms with Crippen molar-refractivity contribution in [2.24, 2.45) is 23.7 Å². The summed E-state index contributed by atoms with van der Waals surface area (Å²) < 4.78 is 9.69. The van der Waals surface area contributed by atoms with Gasteiger partial charge in [-0.1, -0.05) is 26.7 Å². The monoisotopic (exact) mass is 330 g/mol. The molecule has 0 unspecified atom stereocenters. The van der Waals surface area contributed by atoms with E-state index in [0.29, 0.717) is 35.1 Å². The lowest BCUT2D eigenvalue weighted by molar-refractivity contribution is -0.154. The number of cyclic esters (lactones) is 4. The summed E-state index contributed by atoms with van der Waals surface area (Å²) in [6.45, 7) is 3.98. The molecule has 4 aliphatic rings. The Hall–Kier alpha value is -2.24. The lowest BCUT2D eigenvalue weighted by atomic mass is 9.65. The van der Waals surface area contributed by atoms with Crippen molar-refractivity contribution >= 4 is 23.9 Å². The molecule has 0 N–H and O–H groups in total. The predicted octanol–water partition coefficient (Wildman–Crippen LogP) is 1.84. The van der Waals surface area contributed by atoms with Gasteiger partial charge in [-0.05, 0) is 24.7 Å². The van der Waals surface area contributed by atoms with Gasteiger partial charge in [-0.15, -0.1) is 0 Å². The van der Waals surface area contributed by atoms with E-state index in [1.165, 1.54) is 0 Å². The van der Waals surface area contributed by atoms with Gasteiger partial charge in [-0.25, -0.2) is 19.2 Å². The Morgan fingerprint density at radius 1 is 0.833 bits per heavy atom. The molecular weight excluding hydrogens is 312 g/mol. The van der Waals surface area contributed by atoms with Gasteiger partial charge in [0.15, 0.2) is 0 Å². The molecule has 2 aliphatic carbocycles. The van der Waals surface area contributed by atoms with Crippen LogP contribution in [0.3, 0.4) is 0 Å². The van der Waals surface area contributed by atoms with E-state index < -0.39 is 23.9 Å². The molecule has 0 bridgehead atoms. The summed E-state index contributed by atoms with van der Waals surface area (Å²) in [6.07, 6.45) is 2.62. The molecule has 4 atom stereocenters. The minimum Gasteiger partial charge on any atom is -0.386 e. The molecule has 24 heavy (non-hydrogen) atoms. The second kappa shape index (κ2) is 5.13. The van der Waals surface area contributed by atoms with E-state index >= 15 is 0 Å². The molecule has 0 aromatic carbocycles. The van der Waals surface area contributed by atoms with Crippen molar-refractivity contribution in [3.63, 3.8) is 0 Å². The highest BCUT2D eigenvalue weighted by atomic mass is 16.6. The fraction of sp³-hybridized carbons (Fsp3) is 0.556. The number of hydrogen-bond acceptors (Lipinski definition) is 6. The van der Waals surface area contributed by atoms with Crippen LogP contribution in [0.4, 0.5) is 0 Å². The third kappa shape index (κ3) is 1.77. The molecule has 126 valence electrons. The van der Waals surface area contributed by atoms with Crippen LogP contribution in [-0.4, -0.2) is 23.9 Å². The predicted molar refractivity (Wildman–Crippen MR) is 80.0 cm³/mol. The molecule has 4 rings (SSSR count). The first-order valence-corrected chi connectivity index (χ1v) is 8.49. The van der Waals surface area contributed by atoms with Crippen molar-refractivity contribution in [3.05, 3.63) is 22.3 Å². The lowest BCUT2D eigenvalue weighted by Crippen LogP contribution is -2.35. The van der Waals surface area contributed by atoms with Crippen LogP contribution in [0.2, 0.25) is 0 Å². The minimum atomic E-state index is -0.609. The molecule has 0 aromatic heterocycles. The molecule has 0 saturated heterocycles. The minimum absolute atomic E-state index is 0.0255. The van der Waals surface area contributed by atoms with Crippen LogP contribution >= 0.6 is 0 Å². The summed E-state index contributed by atoms with van der Waals surface area (Å²) in [5, 5.41) is 0. The summed E-state index contributed by atoms with van der Waals surface area (Å²) in [6, 6.07) is 0. The number of esters is 4. The maximum Gasteiger partial charge on any atom is 0.342 e. The van der Waals surface area contributed by atoms with Crippen LogP contribution in [0, 0.1) is 23.7 Å². The molecule has 6 nitrogen and oxygen atoms in total. The molecule has 0 saturated carbocycles. The Morgan fingerprint density at radius 3 is 2.12 bits per heavy atom. The Kier molecular flexibility index (Phi) is 3.27. The normalized spacial score (nSPS) is 34.4. The lowest BCUT2D eigenvalue weighted by Gasteiger charge is -2.36. The van der Waals surface area contributed by atoms with Gasteiger partial charge in [-0.2, -0.15) is 0 Å². The summed E-state index contributed by atoms with van der Waals surface area (Å²) in [4.78, 5) is 48.8. The number of carbonyl (C=O) groups excluding carboxylic acids is 4. The molecule has 0 aromatic rings. The van der Waals surface area contributed by atoms with Crippen LogP contribution in [0.25, 0.3) is 0 Å². The van der Waals surface area contributed by atoms with E-state index in [0.717, 1.165) is 12.8 Å². The summed E-state index contributed by atoms with van der Waals surface area (Å²) >= 11 is 0. The standard InChI is InChI=1S/C18H18O6/c1-3-5-8-11-10(14-12(8)16(20)24-18(14)22)7(4-2)6-9-13(11)17(21)23-15(9)19/h7-8,10-11H,3-6H2,1-2H3/t7-,8+,10-,11+/m1/s1. The molecule has 0 spiro atoms. The van der Waals surface area contributed by atoms with Crippen LogP contribution in [0.5, 0.6) is 0 Å². The van der Waals surface area contributed by atoms with Crippen molar-refractivity contribution in [3.8, 4) is 0 Å². The maximum atomic E-state index is 12.3. The van der Waals surface area contributed by atoms with Crippen LogP contribution < -0.4 is 0 Å². The van der Waals surface area contributed by atoms with Gasteiger partial charge in [-0.3, -0.25) is 0 Å². The molecular formula is C18H18O6. The second-order valence-corrected chi connectivity index (χ2v) is 6.89. The van der Waals surface area contributed by atoms with E-state index in [1.54, 1.807) is 0 Å². The van der Waals surface area contributed by atoms with E-state index in [1.807, 2.05) is 13.8 Å². The third-order valence-corrected chi connectivity index (χ3v) is 5.85. The number of fused-ring (bicyclic) bond motifs is 3. The van der Waals surface area contributed by atoms with Gasteiger partial charge in [0.05, 0.1) is 16.7 Å². The number of hydrogen-bond donors (Lipinski definition) is 0. The SMILES string of the molecule is CCC[C@@H]1C2=C(C(=O)OC2=O)[C@@H]2[C@H](CC)CC3=C(C(=O)OC3=O)[C@H]21. The number of rotatable bonds is 3. The fourth-order valence-electron chi connectivity index (χ4n) is 4.99. The second-order valence-electron chi connectivity index (χ2n) is 6.89. The summed E-state index contributed by atoms with van der Waals surface area (Å²) in [7, 11) is 0. The first-order chi connectivity index (χ1) is 11.5.